The molecule has 1 unspecified atom stereocenters. The number of fused-ring (bicyclic) bond motifs is 1. The van der Waals surface area contributed by atoms with Crippen LogP contribution in [0, 0.1) is 6.92 Å². The summed E-state index contributed by atoms with van der Waals surface area (Å²) in [5.74, 6) is 0.846. The van der Waals surface area contributed by atoms with Gasteiger partial charge in [-0.1, -0.05) is 29.3 Å². The fraction of sp³-hybridized carbons (Fsp3) is 0.417. The molecule has 15 heavy (non-hydrogen) atoms. The summed E-state index contributed by atoms with van der Waals surface area (Å²) >= 11 is 3.44. The van der Waals surface area contributed by atoms with Gasteiger partial charge in [0, 0.05) is 4.47 Å². The third kappa shape index (κ3) is 1.81. The minimum atomic E-state index is -0.265. The zero-order chi connectivity index (χ0) is 11.0. The van der Waals surface area contributed by atoms with E-state index in [0.29, 0.717) is 0 Å². The predicted octanol–water partition coefficient (Wildman–Crippen LogP) is 3.50. The first-order chi connectivity index (χ1) is 7.13. The van der Waals surface area contributed by atoms with Crippen molar-refractivity contribution in [2.45, 2.75) is 32.8 Å². The first-order valence-corrected chi connectivity index (χ1v) is 5.93. The van der Waals surface area contributed by atoms with Crippen LogP contribution < -0.4 is 4.74 Å². The molecule has 0 saturated heterocycles. The van der Waals surface area contributed by atoms with E-state index in [2.05, 4.69) is 22.9 Å². The van der Waals surface area contributed by atoms with Gasteiger partial charge in [-0.2, -0.15) is 0 Å². The Balaban J connectivity index is 2.37. The van der Waals surface area contributed by atoms with Crippen molar-refractivity contribution in [3.8, 4) is 5.75 Å². The van der Waals surface area contributed by atoms with E-state index in [0.717, 1.165) is 34.2 Å². The Morgan fingerprint density at radius 2 is 2.20 bits per heavy atom. The van der Waals surface area contributed by atoms with Gasteiger partial charge in [-0.05, 0) is 31.0 Å². The quantitative estimate of drug-likeness (QED) is 0.821. The molecule has 0 saturated carbocycles. The lowest BCUT2D eigenvalue weighted by molar-refractivity contribution is 0.0845. The Morgan fingerprint density at radius 3 is 2.87 bits per heavy atom. The van der Waals surface area contributed by atoms with Crippen LogP contribution >= 0.6 is 15.9 Å². The summed E-state index contributed by atoms with van der Waals surface area (Å²) in [7, 11) is 0. The average Bonchev–Trinajstić information content (AvgIpc) is 2.47. The molecule has 80 valence electrons. The molecule has 0 radical (unpaired) electrons. The molecule has 2 nitrogen and oxygen atoms in total. The highest BCUT2D eigenvalue weighted by molar-refractivity contribution is 9.10. The molecule has 0 aromatic heterocycles. The van der Waals surface area contributed by atoms with Gasteiger partial charge in [-0.15, -0.1) is 0 Å². The van der Waals surface area contributed by atoms with Crippen molar-refractivity contribution in [3.63, 3.8) is 0 Å². The molecule has 2 rings (SSSR count). The van der Waals surface area contributed by atoms with E-state index < -0.39 is 0 Å². The number of rotatable bonds is 2. The number of benzene rings is 1. The molecule has 0 fully saturated rings. The Morgan fingerprint density at radius 1 is 1.47 bits per heavy atom. The second-order valence-electron chi connectivity index (χ2n) is 3.86. The average molecular weight is 269 g/mol. The topological polar surface area (TPSA) is 26.3 Å². The summed E-state index contributed by atoms with van der Waals surface area (Å²) in [6.07, 6.45) is 1.49. The van der Waals surface area contributed by atoms with Crippen molar-refractivity contribution >= 4 is 21.7 Å². The highest BCUT2D eigenvalue weighted by atomic mass is 79.9. The Hall–Kier alpha value is -0.830. The van der Waals surface area contributed by atoms with Gasteiger partial charge in [0.15, 0.2) is 6.10 Å². The smallest absolute Gasteiger partial charge is 0.207 e. The second-order valence-corrected chi connectivity index (χ2v) is 4.71. The van der Waals surface area contributed by atoms with Crippen LogP contribution in [0.3, 0.4) is 0 Å². The standard InChI is InChI=1S/C12H13BrO2/c1-3-4-10-12(14)8-5-7(2)9(13)6-11(8)15-10/h5-6,10H,3-4H2,1-2H3. The molecule has 0 spiro atoms. The second kappa shape index (κ2) is 3.97. The van der Waals surface area contributed by atoms with Crippen LogP contribution in [0.4, 0.5) is 0 Å². The lowest BCUT2D eigenvalue weighted by Gasteiger charge is -2.06. The van der Waals surface area contributed by atoms with Crippen LogP contribution in [0.5, 0.6) is 5.75 Å². The molecule has 1 aromatic rings. The van der Waals surface area contributed by atoms with E-state index in [1.807, 2.05) is 19.1 Å². The molecule has 0 N–H and O–H groups in total. The van der Waals surface area contributed by atoms with Crippen LogP contribution in [0.2, 0.25) is 0 Å². The van der Waals surface area contributed by atoms with Crippen molar-refractivity contribution in [1.29, 1.82) is 0 Å². The van der Waals surface area contributed by atoms with Gasteiger partial charge < -0.3 is 4.74 Å². The molecular formula is C12H13BrO2. The van der Waals surface area contributed by atoms with Gasteiger partial charge in [0.25, 0.3) is 0 Å². The number of Topliss-reactive ketones (excluding diaryl/α,β-unsaturated/α-hetero) is 1. The van der Waals surface area contributed by atoms with Gasteiger partial charge in [0.05, 0.1) is 5.56 Å². The third-order valence-electron chi connectivity index (χ3n) is 2.64. The highest BCUT2D eigenvalue weighted by Crippen LogP contribution is 2.34. The monoisotopic (exact) mass is 268 g/mol. The summed E-state index contributed by atoms with van der Waals surface area (Å²) < 4.78 is 6.61. The van der Waals surface area contributed by atoms with Gasteiger partial charge in [-0.25, -0.2) is 0 Å². The number of carbonyl (C=O) groups is 1. The molecule has 0 amide bonds. The summed E-state index contributed by atoms with van der Waals surface area (Å²) in [5.41, 5.74) is 1.80. The van der Waals surface area contributed by atoms with Crippen LogP contribution in [0.1, 0.15) is 35.7 Å². The van der Waals surface area contributed by atoms with Gasteiger partial charge in [-0.3, -0.25) is 4.79 Å². The van der Waals surface area contributed by atoms with Crippen molar-refractivity contribution in [2.24, 2.45) is 0 Å². The molecule has 1 aromatic carbocycles. The maximum absolute atomic E-state index is 11.9. The fourth-order valence-corrected chi connectivity index (χ4v) is 2.11. The highest BCUT2D eigenvalue weighted by Gasteiger charge is 2.31. The molecule has 3 heteroatoms. The minimum Gasteiger partial charge on any atom is -0.481 e. The third-order valence-corrected chi connectivity index (χ3v) is 3.49. The van der Waals surface area contributed by atoms with Crippen molar-refractivity contribution in [3.05, 3.63) is 27.7 Å². The Kier molecular flexibility index (Phi) is 2.83. The molecule has 1 aliphatic heterocycles. The number of ether oxygens (including phenoxy) is 1. The van der Waals surface area contributed by atoms with E-state index in [9.17, 15) is 4.79 Å². The Bertz CT molecular complexity index is 412. The molecule has 1 aliphatic rings. The summed E-state index contributed by atoms with van der Waals surface area (Å²) in [6.45, 7) is 4.03. The van der Waals surface area contributed by atoms with Crippen LogP contribution in [0.25, 0.3) is 0 Å². The SMILES string of the molecule is CCCC1Oc2cc(Br)c(C)cc2C1=O. The van der Waals surface area contributed by atoms with Crippen molar-refractivity contribution < 1.29 is 9.53 Å². The van der Waals surface area contributed by atoms with Gasteiger partial charge >= 0.3 is 0 Å². The van der Waals surface area contributed by atoms with Crippen molar-refractivity contribution in [2.75, 3.05) is 0 Å². The maximum atomic E-state index is 11.9. The van der Waals surface area contributed by atoms with Gasteiger partial charge in [0.1, 0.15) is 5.75 Å². The van der Waals surface area contributed by atoms with E-state index in [-0.39, 0.29) is 11.9 Å². The van der Waals surface area contributed by atoms with Gasteiger partial charge in [0.2, 0.25) is 5.78 Å². The predicted molar refractivity (Wildman–Crippen MR) is 62.5 cm³/mol. The summed E-state index contributed by atoms with van der Waals surface area (Å²) in [6, 6.07) is 3.79. The lowest BCUT2D eigenvalue weighted by Crippen LogP contribution is -2.19. The normalized spacial score (nSPS) is 18.9. The zero-order valence-corrected chi connectivity index (χ0v) is 10.4. The largest absolute Gasteiger partial charge is 0.481 e. The van der Waals surface area contributed by atoms with Crippen LogP contribution in [-0.2, 0) is 0 Å². The van der Waals surface area contributed by atoms with E-state index in [4.69, 9.17) is 4.74 Å². The van der Waals surface area contributed by atoms with E-state index >= 15 is 0 Å². The number of ketones is 1. The minimum absolute atomic E-state index is 0.127. The molecule has 1 atom stereocenters. The molecule has 1 heterocycles. The first kappa shape index (κ1) is 10.7. The van der Waals surface area contributed by atoms with Crippen LogP contribution in [-0.4, -0.2) is 11.9 Å². The summed E-state index contributed by atoms with van der Waals surface area (Å²) in [5, 5.41) is 0. The number of aryl methyl sites for hydroxylation is 1. The first-order valence-electron chi connectivity index (χ1n) is 5.14. The zero-order valence-electron chi connectivity index (χ0n) is 8.84. The number of hydrogen-bond donors (Lipinski definition) is 0. The number of carbonyl (C=O) groups excluding carboxylic acids is 1. The number of halogens is 1. The fourth-order valence-electron chi connectivity index (χ4n) is 1.79. The lowest BCUT2D eigenvalue weighted by atomic mass is 10.0. The molecule has 0 bridgehead atoms. The van der Waals surface area contributed by atoms with E-state index in [1.54, 1.807) is 0 Å². The Labute approximate surface area is 97.8 Å². The van der Waals surface area contributed by atoms with Crippen LogP contribution in [0.15, 0.2) is 16.6 Å². The number of hydrogen-bond acceptors (Lipinski definition) is 2. The molecular weight excluding hydrogens is 256 g/mol. The summed E-state index contributed by atoms with van der Waals surface area (Å²) in [4.78, 5) is 11.9. The maximum Gasteiger partial charge on any atom is 0.207 e. The van der Waals surface area contributed by atoms with E-state index in [1.165, 1.54) is 0 Å². The van der Waals surface area contributed by atoms with Crippen molar-refractivity contribution in [1.82, 2.24) is 0 Å². The molecule has 0 aliphatic carbocycles.